The molecule has 0 N–H and O–H groups in total. The molecule has 4 heteroatoms. The summed E-state index contributed by atoms with van der Waals surface area (Å²) in [6.07, 6.45) is 0. The van der Waals surface area contributed by atoms with Crippen LogP contribution in [0.2, 0.25) is 0 Å². The van der Waals surface area contributed by atoms with E-state index in [9.17, 15) is 0 Å². The summed E-state index contributed by atoms with van der Waals surface area (Å²) >= 11 is 6.08. The van der Waals surface area contributed by atoms with Gasteiger partial charge in [0.15, 0.2) is 0 Å². The second-order valence-corrected chi connectivity index (χ2v) is 6.62. The fourth-order valence-corrected chi connectivity index (χ4v) is 1.80. The van der Waals surface area contributed by atoms with Crippen LogP contribution in [0.5, 0.6) is 11.6 Å². The highest BCUT2D eigenvalue weighted by Gasteiger charge is 2.13. The van der Waals surface area contributed by atoms with Gasteiger partial charge in [0.25, 0.3) is 0 Å². The quantitative estimate of drug-likeness (QED) is 0.724. The highest BCUT2D eigenvalue weighted by molar-refractivity contribution is 6.23. The SMILES string of the molecule is Cc1ccc(Oc2cccc(COCC(C)(C)Cl)n2)cc1. The van der Waals surface area contributed by atoms with E-state index in [0.29, 0.717) is 19.1 Å². The zero-order valence-corrected chi connectivity index (χ0v) is 13.4. The largest absolute Gasteiger partial charge is 0.439 e. The molecule has 0 aliphatic carbocycles. The topological polar surface area (TPSA) is 31.4 Å². The summed E-state index contributed by atoms with van der Waals surface area (Å²) in [6.45, 7) is 6.76. The van der Waals surface area contributed by atoms with E-state index in [2.05, 4.69) is 4.98 Å². The summed E-state index contributed by atoms with van der Waals surface area (Å²) in [5.74, 6) is 1.33. The van der Waals surface area contributed by atoms with Gasteiger partial charge in [-0.15, -0.1) is 11.6 Å². The summed E-state index contributed by atoms with van der Waals surface area (Å²) in [4.78, 5) is 4.05. The maximum atomic E-state index is 6.08. The molecule has 1 heterocycles. The maximum Gasteiger partial charge on any atom is 0.219 e. The maximum absolute atomic E-state index is 6.08. The molecule has 1 aromatic heterocycles. The lowest BCUT2D eigenvalue weighted by Crippen LogP contribution is -2.19. The third kappa shape index (κ3) is 5.74. The van der Waals surface area contributed by atoms with Crippen molar-refractivity contribution in [3.05, 3.63) is 53.7 Å². The number of aromatic nitrogens is 1. The van der Waals surface area contributed by atoms with E-state index in [1.807, 2.05) is 63.2 Å². The van der Waals surface area contributed by atoms with Crippen molar-refractivity contribution in [3.8, 4) is 11.6 Å². The second kappa shape index (κ2) is 6.92. The molecule has 0 saturated carbocycles. The smallest absolute Gasteiger partial charge is 0.219 e. The molecule has 0 bridgehead atoms. The number of hydrogen-bond donors (Lipinski definition) is 0. The van der Waals surface area contributed by atoms with Crippen LogP contribution in [0.1, 0.15) is 25.1 Å². The molecular formula is C17H20ClNO2. The summed E-state index contributed by atoms with van der Waals surface area (Å²) in [5, 5.41) is 0. The first-order chi connectivity index (χ1) is 9.92. The first kappa shape index (κ1) is 15.8. The number of halogens is 1. The van der Waals surface area contributed by atoms with Crippen molar-refractivity contribution in [2.45, 2.75) is 32.3 Å². The minimum atomic E-state index is -0.365. The standard InChI is InChI=1S/C17H20ClNO2/c1-13-7-9-15(10-8-13)21-16-6-4-5-14(19-16)11-20-12-17(2,3)18/h4-10H,11-12H2,1-3H3. The van der Waals surface area contributed by atoms with Crippen molar-refractivity contribution < 1.29 is 9.47 Å². The lowest BCUT2D eigenvalue weighted by molar-refractivity contribution is 0.102. The number of rotatable bonds is 6. The molecule has 0 aliphatic heterocycles. The van der Waals surface area contributed by atoms with Crippen LogP contribution in [-0.4, -0.2) is 16.5 Å². The lowest BCUT2D eigenvalue weighted by atomic mass is 10.2. The Balaban J connectivity index is 1.96. The van der Waals surface area contributed by atoms with E-state index in [0.717, 1.165) is 11.4 Å². The van der Waals surface area contributed by atoms with Crippen molar-refractivity contribution in [2.24, 2.45) is 0 Å². The summed E-state index contributed by atoms with van der Waals surface area (Å²) in [5.41, 5.74) is 2.02. The summed E-state index contributed by atoms with van der Waals surface area (Å²) < 4.78 is 11.3. The van der Waals surface area contributed by atoms with Crippen molar-refractivity contribution in [1.82, 2.24) is 4.98 Å². The van der Waals surface area contributed by atoms with Gasteiger partial charge in [-0.1, -0.05) is 23.8 Å². The van der Waals surface area contributed by atoms with Crippen molar-refractivity contribution >= 4 is 11.6 Å². The molecule has 0 fully saturated rings. The van der Waals surface area contributed by atoms with E-state index < -0.39 is 0 Å². The van der Waals surface area contributed by atoms with Crippen LogP contribution in [0.3, 0.4) is 0 Å². The first-order valence-corrected chi connectivity index (χ1v) is 7.27. The number of ether oxygens (including phenoxy) is 2. The van der Waals surface area contributed by atoms with Gasteiger partial charge in [0.1, 0.15) is 5.75 Å². The van der Waals surface area contributed by atoms with Gasteiger partial charge in [-0.05, 0) is 39.0 Å². The Bertz CT molecular complexity index is 576. The fourth-order valence-electron chi connectivity index (χ4n) is 1.72. The van der Waals surface area contributed by atoms with Gasteiger partial charge in [-0.2, -0.15) is 0 Å². The van der Waals surface area contributed by atoms with Crippen LogP contribution >= 0.6 is 11.6 Å². The molecule has 0 atom stereocenters. The lowest BCUT2D eigenvalue weighted by Gasteiger charge is -2.15. The van der Waals surface area contributed by atoms with Crippen LogP contribution in [0.4, 0.5) is 0 Å². The zero-order valence-electron chi connectivity index (χ0n) is 12.6. The number of benzene rings is 1. The zero-order chi connectivity index (χ0) is 15.3. The Kier molecular flexibility index (Phi) is 5.21. The molecule has 0 saturated heterocycles. The molecule has 0 aliphatic rings. The van der Waals surface area contributed by atoms with E-state index >= 15 is 0 Å². The number of pyridine rings is 1. The normalized spacial score (nSPS) is 11.4. The van der Waals surface area contributed by atoms with Crippen LogP contribution in [0.15, 0.2) is 42.5 Å². The number of alkyl halides is 1. The highest BCUT2D eigenvalue weighted by atomic mass is 35.5. The molecule has 0 unspecified atom stereocenters. The van der Waals surface area contributed by atoms with Gasteiger partial charge in [-0.3, -0.25) is 0 Å². The molecular weight excluding hydrogens is 286 g/mol. The number of nitrogens with zero attached hydrogens (tertiary/aromatic N) is 1. The van der Waals surface area contributed by atoms with Crippen molar-refractivity contribution in [1.29, 1.82) is 0 Å². The Morgan fingerprint density at radius 1 is 1.10 bits per heavy atom. The number of aryl methyl sites for hydroxylation is 1. The third-order valence-electron chi connectivity index (χ3n) is 2.72. The van der Waals surface area contributed by atoms with Crippen LogP contribution in [0, 0.1) is 6.92 Å². The molecule has 2 aromatic rings. The van der Waals surface area contributed by atoms with Gasteiger partial charge >= 0.3 is 0 Å². The molecule has 0 amide bonds. The average molecular weight is 306 g/mol. The van der Waals surface area contributed by atoms with E-state index in [1.165, 1.54) is 5.56 Å². The predicted octanol–water partition coefficient (Wildman–Crippen LogP) is 4.72. The minimum Gasteiger partial charge on any atom is -0.439 e. The van der Waals surface area contributed by atoms with Gasteiger partial charge in [0.05, 0.1) is 23.8 Å². The second-order valence-electron chi connectivity index (χ2n) is 5.59. The van der Waals surface area contributed by atoms with Crippen molar-refractivity contribution in [2.75, 3.05) is 6.61 Å². The molecule has 3 nitrogen and oxygen atoms in total. The van der Waals surface area contributed by atoms with E-state index in [4.69, 9.17) is 21.1 Å². The average Bonchev–Trinajstić information content (AvgIpc) is 2.40. The molecule has 2 rings (SSSR count). The number of hydrogen-bond acceptors (Lipinski definition) is 3. The Hall–Kier alpha value is -1.58. The fraction of sp³-hybridized carbons (Fsp3) is 0.353. The molecule has 112 valence electrons. The van der Waals surface area contributed by atoms with Crippen LogP contribution < -0.4 is 4.74 Å². The van der Waals surface area contributed by atoms with Gasteiger partial charge in [-0.25, -0.2) is 4.98 Å². The molecule has 0 radical (unpaired) electrons. The first-order valence-electron chi connectivity index (χ1n) is 6.89. The van der Waals surface area contributed by atoms with Crippen LogP contribution in [0.25, 0.3) is 0 Å². The Labute approximate surface area is 130 Å². The molecule has 0 spiro atoms. The van der Waals surface area contributed by atoms with Gasteiger partial charge in [0, 0.05) is 6.07 Å². The summed E-state index contributed by atoms with van der Waals surface area (Å²) in [6, 6.07) is 13.5. The minimum absolute atomic E-state index is 0.365. The summed E-state index contributed by atoms with van der Waals surface area (Å²) in [7, 11) is 0. The van der Waals surface area contributed by atoms with E-state index in [1.54, 1.807) is 0 Å². The van der Waals surface area contributed by atoms with Crippen LogP contribution in [-0.2, 0) is 11.3 Å². The Morgan fingerprint density at radius 2 is 1.81 bits per heavy atom. The van der Waals surface area contributed by atoms with Gasteiger partial charge in [0.2, 0.25) is 5.88 Å². The third-order valence-corrected chi connectivity index (χ3v) is 2.83. The molecule has 1 aromatic carbocycles. The molecule has 21 heavy (non-hydrogen) atoms. The van der Waals surface area contributed by atoms with Crippen molar-refractivity contribution in [3.63, 3.8) is 0 Å². The van der Waals surface area contributed by atoms with Gasteiger partial charge < -0.3 is 9.47 Å². The Morgan fingerprint density at radius 3 is 2.48 bits per heavy atom. The van der Waals surface area contributed by atoms with E-state index in [-0.39, 0.29) is 4.87 Å². The highest BCUT2D eigenvalue weighted by Crippen LogP contribution is 2.20. The monoisotopic (exact) mass is 305 g/mol. The predicted molar refractivity (Wildman–Crippen MR) is 85.1 cm³/mol.